The molecular formula is C34H32Cl2N2O3. The number of rotatable bonds is 7. The maximum absolute atomic E-state index is 12.3. The monoisotopic (exact) mass is 586 g/mol. The number of likely N-dealkylation sites (tertiary alicyclic amines) is 1. The molecule has 5 nitrogen and oxygen atoms in total. The van der Waals surface area contributed by atoms with Crippen LogP contribution in [0.5, 0.6) is 0 Å². The van der Waals surface area contributed by atoms with Crippen molar-refractivity contribution in [2.45, 2.75) is 19.3 Å². The van der Waals surface area contributed by atoms with Crippen molar-refractivity contribution in [1.29, 1.82) is 0 Å². The topological polar surface area (TPSA) is 58.6 Å². The summed E-state index contributed by atoms with van der Waals surface area (Å²) < 4.78 is 4.98. The SMILES string of the molecule is CNC(=O)/C=C/CN1CC(=Cc2ccc(C3=C(c4ccc(Cl)cc4Cl)CCCc4cc(C(=O)OC)ccc43)cc2)C1. The van der Waals surface area contributed by atoms with Crippen LogP contribution in [0.1, 0.15) is 51.0 Å². The van der Waals surface area contributed by atoms with Crippen LogP contribution in [-0.4, -0.2) is 50.6 Å². The number of ether oxygens (including phenoxy) is 1. The number of nitrogens with zero attached hydrogens (tertiary/aromatic N) is 1. The average Bonchev–Trinajstić information content (AvgIpc) is 3.14. The Balaban J connectivity index is 1.47. The van der Waals surface area contributed by atoms with Crippen molar-refractivity contribution in [3.8, 4) is 0 Å². The first kappa shape index (κ1) is 28.9. The van der Waals surface area contributed by atoms with Crippen molar-refractivity contribution < 1.29 is 14.3 Å². The average molecular weight is 588 g/mol. The Hall–Kier alpha value is -3.64. The van der Waals surface area contributed by atoms with Gasteiger partial charge in [-0.2, -0.15) is 0 Å². The first-order valence-corrected chi connectivity index (χ1v) is 14.4. The van der Waals surface area contributed by atoms with Gasteiger partial charge < -0.3 is 10.1 Å². The molecule has 0 aromatic heterocycles. The van der Waals surface area contributed by atoms with Crippen molar-refractivity contribution >= 4 is 52.3 Å². The number of halogens is 2. The number of hydrogen-bond acceptors (Lipinski definition) is 4. The summed E-state index contributed by atoms with van der Waals surface area (Å²) in [6.07, 6.45) is 8.31. The number of carbonyl (C=O) groups excluding carboxylic acids is 2. The third kappa shape index (κ3) is 6.65. The van der Waals surface area contributed by atoms with E-state index >= 15 is 0 Å². The number of hydrogen-bond donors (Lipinski definition) is 1. The molecule has 1 heterocycles. The highest BCUT2D eigenvalue weighted by Crippen LogP contribution is 2.42. The van der Waals surface area contributed by atoms with Gasteiger partial charge in [0.25, 0.3) is 0 Å². The second-order valence-electron chi connectivity index (χ2n) is 10.3. The lowest BCUT2D eigenvalue weighted by Crippen LogP contribution is -2.39. The van der Waals surface area contributed by atoms with Gasteiger partial charge in [-0.15, -0.1) is 0 Å². The van der Waals surface area contributed by atoms with Gasteiger partial charge in [0.15, 0.2) is 0 Å². The van der Waals surface area contributed by atoms with Crippen molar-refractivity contribution in [3.63, 3.8) is 0 Å². The number of aryl methyl sites for hydroxylation is 1. The van der Waals surface area contributed by atoms with Crippen molar-refractivity contribution in [2.75, 3.05) is 33.8 Å². The molecule has 3 aromatic carbocycles. The lowest BCUT2D eigenvalue weighted by Gasteiger charge is -2.33. The summed E-state index contributed by atoms with van der Waals surface area (Å²) in [6.45, 7) is 2.53. The van der Waals surface area contributed by atoms with Crippen LogP contribution in [0.15, 0.2) is 78.4 Å². The molecule has 0 spiro atoms. The Morgan fingerprint density at radius 2 is 1.73 bits per heavy atom. The largest absolute Gasteiger partial charge is 0.465 e. The number of methoxy groups -OCH3 is 1. The van der Waals surface area contributed by atoms with Crippen LogP contribution in [0.3, 0.4) is 0 Å². The Morgan fingerprint density at radius 3 is 2.44 bits per heavy atom. The lowest BCUT2D eigenvalue weighted by molar-refractivity contribution is -0.116. The first-order chi connectivity index (χ1) is 19.9. The molecule has 0 atom stereocenters. The van der Waals surface area contributed by atoms with Crippen molar-refractivity contribution in [3.05, 3.63) is 122 Å². The molecule has 3 aromatic rings. The van der Waals surface area contributed by atoms with Crippen molar-refractivity contribution in [1.82, 2.24) is 10.2 Å². The van der Waals surface area contributed by atoms with Gasteiger partial charge in [0.05, 0.1) is 12.7 Å². The van der Waals surface area contributed by atoms with Gasteiger partial charge in [-0.25, -0.2) is 4.79 Å². The minimum atomic E-state index is -0.335. The van der Waals surface area contributed by atoms with E-state index in [1.807, 2.05) is 36.4 Å². The highest BCUT2D eigenvalue weighted by Gasteiger charge is 2.23. The van der Waals surface area contributed by atoms with Gasteiger partial charge in [0.1, 0.15) is 0 Å². The zero-order valence-corrected chi connectivity index (χ0v) is 24.7. The number of nitrogens with one attached hydrogen (secondary N) is 1. The molecule has 1 aliphatic heterocycles. The predicted octanol–water partition coefficient (Wildman–Crippen LogP) is 7.08. The zero-order valence-electron chi connectivity index (χ0n) is 23.2. The van der Waals surface area contributed by atoms with E-state index in [0.29, 0.717) is 15.6 Å². The number of esters is 1. The molecular weight excluding hydrogens is 555 g/mol. The molecule has 0 bridgehead atoms. The molecule has 0 radical (unpaired) electrons. The molecule has 1 aliphatic carbocycles. The van der Waals surface area contributed by atoms with Crippen LogP contribution in [0, 0.1) is 0 Å². The van der Waals surface area contributed by atoms with E-state index in [-0.39, 0.29) is 11.9 Å². The molecule has 41 heavy (non-hydrogen) atoms. The second kappa shape index (κ2) is 12.9. The number of likely N-dealkylation sites (N-methyl/N-ethyl adjacent to an activating group) is 1. The van der Waals surface area contributed by atoms with Crippen LogP contribution < -0.4 is 5.32 Å². The lowest BCUT2D eigenvalue weighted by atomic mass is 9.87. The number of benzene rings is 3. The standard InChI is InChI=1S/C34H32Cl2N2O3/c1-37-32(39)7-4-16-38-20-23(21-38)17-22-8-10-24(11-9-22)33-28-14-12-26(34(40)41-2)18-25(28)5-3-6-30(33)29-15-13-27(35)19-31(29)36/h4,7-15,17-19H,3,5-6,16,20-21H2,1-2H3,(H,37,39)/b7-4+. The summed E-state index contributed by atoms with van der Waals surface area (Å²) in [4.78, 5) is 25.9. The van der Waals surface area contributed by atoms with Gasteiger partial charge in [-0.1, -0.05) is 71.8 Å². The molecule has 5 rings (SSSR count). The van der Waals surface area contributed by atoms with Gasteiger partial charge >= 0.3 is 5.97 Å². The molecule has 0 saturated carbocycles. The third-order valence-corrected chi connectivity index (χ3v) is 8.08. The number of allylic oxidation sites excluding steroid dienone is 1. The van der Waals surface area contributed by atoms with Crippen LogP contribution in [-0.2, 0) is 16.0 Å². The molecule has 0 unspecified atom stereocenters. The van der Waals surface area contributed by atoms with Gasteiger partial charge in [-0.05, 0) is 88.1 Å². The fourth-order valence-corrected chi connectivity index (χ4v) is 6.01. The summed E-state index contributed by atoms with van der Waals surface area (Å²) >= 11 is 13.0. The Kier molecular flexibility index (Phi) is 9.09. The maximum Gasteiger partial charge on any atom is 0.337 e. The fourth-order valence-electron chi connectivity index (χ4n) is 5.49. The second-order valence-corrected chi connectivity index (χ2v) is 11.1. The normalized spacial score (nSPS) is 15.3. The minimum absolute atomic E-state index is 0.0850. The summed E-state index contributed by atoms with van der Waals surface area (Å²) in [5.41, 5.74) is 9.63. The van der Waals surface area contributed by atoms with E-state index in [4.69, 9.17) is 27.9 Å². The number of amides is 1. The summed E-state index contributed by atoms with van der Waals surface area (Å²) in [5, 5.41) is 3.82. The Bertz CT molecular complexity index is 1560. The van der Waals surface area contributed by atoms with Gasteiger partial charge in [-0.3, -0.25) is 9.69 Å². The number of fused-ring (bicyclic) bond motifs is 1. The third-order valence-electron chi connectivity index (χ3n) is 7.53. The van der Waals surface area contributed by atoms with Crippen LogP contribution in [0.25, 0.3) is 17.2 Å². The molecule has 1 N–H and O–H groups in total. The van der Waals surface area contributed by atoms with Crippen molar-refractivity contribution in [2.24, 2.45) is 0 Å². The molecule has 1 fully saturated rings. The van der Waals surface area contributed by atoms with Crippen LogP contribution in [0.4, 0.5) is 0 Å². The Labute approximate surface area is 251 Å². The molecule has 1 amide bonds. The summed E-state index contributed by atoms with van der Waals surface area (Å²) in [6, 6.07) is 20.1. The molecule has 210 valence electrons. The molecule has 1 saturated heterocycles. The van der Waals surface area contributed by atoms with E-state index in [0.717, 1.165) is 72.3 Å². The van der Waals surface area contributed by atoms with E-state index in [1.54, 1.807) is 19.2 Å². The fraction of sp³-hybridized carbons (Fsp3) is 0.235. The highest BCUT2D eigenvalue weighted by atomic mass is 35.5. The van der Waals surface area contributed by atoms with E-state index < -0.39 is 0 Å². The first-order valence-electron chi connectivity index (χ1n) is 13.7. The predicted molar refractivity (Wildman–Crippen MR) is 167 cm³/mol. The van der Waals surface area contributed by atoms with Crippen LogP contribution in [0.2, 0.25) is 10.0 Å². The minimum Gasteiger partial charge on any atom is -0.465 e. The maximum atomic E-state index is 12.3. The zero-order chi connectivity index (χ0) is 28.9. The van der Waals surface area contributed by atoms with E-state index in [1.165, 1.54) is 18.3 Å². The van der Waals surface area contributed by atoms with Crippen LogP contribution >= 0.6 is 23.2 Å². The van der Waals surface area contributed by atoms with Gasteiger partial charge in [0, 0.05) is 42.8 Å². The van der Waals surface area contributed by atoms with E-state index in [9.17, 15) is 9.59 Å². The quantitative estimate of drug-likeness (QED) is 0.237. The summed E-state index contributed by atoms with van der Waals surface area (Å²) in [5.74, 6) is -0.420. The molecule has 7 heteroatoms. The highest BCUT2D eigenvalue weighted by molar-refractivity contribution is 6.36. The Morgan fingerprint density at radius 1 is 0.976 bits per heavy atom. The summed E-state index contributed by atoms with van der Waals surface area (Å²) in [7, 11) is 3.03. The molecule has 2 aliphatic rings. The number of carbonyl (C=O) groups is 2. The smallest absolute Gasteiger partial charge is 0.337 e. The van der Waals surface area contributed by atoms with Gasteiger partial charge in [0.2, 0.25) is 5.91 Å². The van der Waals surface area contributed by atoms with E-state index in [2.05, 4.69) is 40.6 Å².